The first-order valence-corrected chi connectivity index (χ1v) is 11.9. The first-order valence-electron chi connectivity index (χ1n) is 11.0. The fourth-order valence-electron chi connectivity index (χ4n) is 3.84. The summed E-state index contributed by atoms with van der Waals surface area (Å²) in [5.74, 6) is -0.496. The normalized spacial score (nSPS) is 10.9. The molecular formula is C25H25N5O4S. The lowest BCUT2D eigenvalue weighted by atomic mass is 10.2. The predicted molar refractivity (Wildman–Crippen MR) is 137 cm³/mol. The van der Waals surface area contributed by atoms with Gasteiger partial charge in [0.2, 0.25) is 5.91 Å². The molecule has 0 saturated carbocycles. The number of nitrogen functional groups attached to an aromatic ring is 1. The molecule has 10 heteroatoms. The second-order valence-corrected chi connectivity index (χ2v) is 8.90. The molecule has 2 aromatic heterocycles. The van der Waals surface area contributed by atoms with Crippen molar-refractivity contribution in [3.05, 3.63) is 113 Å². The van der Waals surface area contributed by atoms with Crippen molar-refractivity contribution in [2.75, 3.05) is 10.6 Å². The highest BCUT2D eigenvalue weighted by Gasteiger charge is 2.25. The minimum absolute atomic E-state index is 0.0268. The molecule has 4 rings (SSSR count). The molecule has 0 aliphatic rings. The number of rotatable bonds is 8. The topological polar surface area (TPSA) is 123 Å². The Morgan fingerprint density at radius 2 is 1.60 bits per heavy atom. The Morgan fingerprint density at radius 3 is 2.20 bits per heavy atom. The molecule has 1 amide bonds. The van der Waals surface area contributed by atoms with E-state index in [9.17, 15) is 19.2 Å². The molecule has 0 aliphatic carbocycles. The molecule has 0 atom stereocenters. The third-order valence-electron chi connectivity index (χ3n) is 5.68. The Bertz CT molecular complexity index is 1500. The van der Waals surface area contributed by atoms with Crippen molar-refractivity contribution in [1.82, 2.24) is 14.1 Å². The number of hydrogen-bond donors (Lipinski definition) is 2. The van der Waals surface area contributed by atoms with E-state index in [1.54, 1.807) is 12.3 Å². The van der Waals surface area contributed by atoms with Crippen LogP contribution < -0.4 is 26.8 Å². The fourth-order valence-corrected chi connectivity index (χ4v) is 4.60. The number of anilines is 2. The van der Waals surface area contributed by atoms with Crippen LogP contribution in [-0.2, 0) is 24.4 Å². The van der Waals surface area contributed by atoms with Crippen LogP contribution in [0.5, 0.6) is 0 Å². The van der Waals surface area contributed by atoms with Crippen molar-refractivity contribution >= 4 is 28.7 Å². The second kappa shape index (κ2) is 10.4. The number of nitrogens with one attached hydrogen (secondary N) is 1. The van der Waals surface area contributed by atoms with E-state index < -0.39 is 17.2 Å². The molecule has 2 heterocycles. The SMILES string of the molecule is Cc1csc(=O)n1CCC(=O)N(Cc1ccccc1)c1c(N)n(Cc2ccccc2)c(=O)[nH]c1=O. The van der Waals surface area contributed by atoms with Crippen LogP contribution >= 0.6 is 11.3 Å². The van der Waals surface area contributed by atoms with Gasteiger partial charge in [-0.2, -0.15) is 0 Å². The summed E-state index contributed by atoms with van der Waals surface area (Å²) in [4.78, 5) is 54.5. The van der Waals surface area contributed by atoms with Crippen molar-refractivity contribution in [2.45, 2.75) is 33.0 Å². The van der Waals surface area contributed by atoms with Gasteiger partial charge < -0.3 is 15.2 Å². The number of aromatic nitrogens is 3. The van der Waals surface area contributed by atoms with Gasteiger partial charge >= 0.3 is 10.6 Å². The molecule has 0 fully saturated rings. The first-order chi connectivity index (χ1) is 16.8. The number of nitrogens with two attached hydrogens (primary N) is 1. The molecule has 0 radical (unpaired) electrons. The summed E-state index contributed by atoms with van der Waals surface area (Å²) >= 11 is 1.07. The van der Waals surface area contributed by atoms with E-state index in [4.69, 9.17) is 5.73 Å². The number of hydrogen-bond acceptors (Lipinski definition) is 6. The summed E-state index contributed by atoms with van der Waals surface area (Å²) in [6.45, 7) is 2.17. The highest BCUT2D eigenvalue weighted by Crippen LogP contribution is 2.21. The average Bonchev–Trinajstić information content (AvgIpc) is 3.17. The van der Waals surface area contributed by atoms with Crippen LogP contribution in [0.3, 0.4) is 0 Å². The van der Waals surface area contributed by atoms with Crippen molar-refractivity contribution in [3.63, 3.8) is 0 Å². The number of thiazole rings is 1. The lowest BCUT2D eigenvalue weighted by molar-refractivity contribution is -0.119. The van der Waals surface area contributed by atoms with Crippen molar-refractivity contribution < 1.29 is 4.79 Å². The van der Waals surface area contributed by atoms with Gasteiger partial charge in [-0.05, 0) is 18.1 Å². The Kier molecular flexibility index (Phi) is 7.11. The van der Waals surface area contributed by atoms with Crippen LogP contribution in [0.2, 0.25) is 0 Å². The zero-order valence-electron chi connectivity index (χ0n) is 19.1. The van der Waals surface area contributed by atoms with Crippen molar-refractivity contribution in [3.8, 4) is 0 Å². The number of aryl methyl sites for hydroxylation is 1. The summed E-state index contributed by atoms with van der Waals surface area (Å²) in [6, 6.07) is 18.4. The molecule has 35 heavy (non-hydrogen) atoms. The van der Waals surface area contributed by atoms with Gasteiger partial charge in [-0.3, -0.25) is 23.9 Å². The minimum Gasteiger partial charge on any atom is -0.383 e. The molecule has 3 N–H and O–H groups in total. The molecule has 2 aromatic carbocycles. The van der Waals surface area contributed by atoms with Gasteiger partial charge in [-0.1, -0.05) is 72.0 Å². The average molecular weight is 492 g/mol. The smallest absolute Gasteiger partial charge is 0.330 e. The van der Waals surface area contributed by atoms with Gasteiger partial charge in [0, 0.05) is 24.0 Å². The summed E-state index contributed by atoms with van der Waals surface area (Å²) in [5.41, 5.74) is 7.22. The predicted octanol–water partition coefficient (Wildman–Crippen LogP) is 2.32. The van der Waals surface area contributed by atoms with E-state index in [2.05, 4.69) is 4.98 Å². The first kappa shape index (κ1) is 24.0. The number of H-pyrrole nitrogens is 1. The zero-order valence-corrected chi connectivity index (χ0v) is 20.0. The number of carbonyl (C=O) groups excluding carboxylic acids is 1. The van der Waals surface area contributed by atoms with E-state index in [0.717, 1.165) is 28.2 Å². The van der Waals surface area contributed by atoms with Crippen LogP contribution in [-0.4, -0.2) is 20.0 Å². The van der Waals surface area contributed by atoms with E-state index >= 15 is 0 Å². The van der Waals surface area contributed by atoms with Crippen LogP contribution in [0.25, 0.3) is 0 Å². The summed E-state index contributed by atoms with van der Waals surface area (Å²) in [5, 5.41) is 1.73. The molecule has 9 nitrogen and oxygen atoms in total. The van der Waals surface area contributed by atoms with Gasteiger partial charge in [0.25, 0.3) is 5.56 Å². The molecular weight excluding hydrogens is 466 g/mol. The van der Waals surface area contributed by atoms with Crippen LogP contribution in [0, 0.1) is 6.92 Å². The molecule has 4 aromatic rings. The number of nitrogens with zero attached hydrogens (tertiary/aromatic N) is 3. The number of benzene rings is 2. The van der Waals surface area contributed by atoms with Gasteiger partial charge in [-0.15, -0.1) is 0 Å². The number of carbonyl (C=O) groups is 1. The van der Waals surface area contributed by atoms with E-state index in [0.29, 0.717) is 0 Å². The van der Waals surface area contributed by atoms with Crippen molar-refractivity contribution in [1.29, 1.82) is 0 Å². The molecule has 180 valence electrons. The van der Waals surface area contributed by atoms with E-state index in [-0.39, 0.29) is 42.4 Å². The maximum Gasteiger partial charge on any atom is 0.330 e. The standard InChI is InChI=1S/C25H25N5O4S/c1-17-16-35-25(34)28(17)13-12-20(31)29(14-18-8-4-2-5-9-18)21-22(26)30(24(33)27-23(21)32)15-19-10-6-3-7-11-19/h2-11,16H,12-15,26H2,1H3,(H,27,32,33). The number of amides is 1. The van der Waals surface area contributed by atoms with Gasteiger partial charge in [-0.25, -0.2) is 4.79 Å². The highest BCUT2D eigenvalue weighted by molar-refractivity contribution is 7.07. The van der Waals surface area contributed by atoms with Crippen LogP contribution in [0.4, 0.5) is 11.5 Å². The minimum atomic E-state index is -0.745. The molecule has 0 spiro atoms. The van der Waals surface area contributed by atoms with Gasteiger partial charge in [0.15, 0.2) is 5.69 Å². The van der Waals surface area contributed by atoms with Gasteiger partial charge in [0.1, 0.15) is 5.82 Å². The quantitative estimate of drug-likeness (QED) is 0.392. The van der Waals surface area contributed by atoms with Crippen molar-refractivity contribution in [2.24, 2.45) is 0 Å². The summed E-state index contributed by atoms with van der Waals surface area (Å²) in [7, 11) is 0. The summed E-state index contributed by atoms with van der Waals surface area (Å²) in [6.07, 6.45) is -0.0268. The van der Waals surface area contributed by atoms with E-state index in [1.807, 2.05) is 60.7 Å². The maximum absolute atomic E-state index is 13.4. The molecule has 0 saturated heterocycles. The van der Waals surface area contributed by atoms with Crippen LogP contribution in [0.1, 0.15) is 23.2 Å². The third-order valence-corrected chi connectivity index (χ3v) is 6.56. The third kappa shape index (κ3) is 5.33. The Labute approximate surface area is 204 Å². The van der Waals surface area contributed by atoms with Gasteiger partial charge in [0.05, 0.1) is 13.1 Å². The van der Waals surface area contributed by atoms with E-state index in [1.165, 1.54) is 14.0 Å². The Hall–Kier alpha value is -4.18. The Morgan fingerprint density at radius 1 is 0.971 bits per heavy atom. The second-order valence-electron chi connectivity index (χ2n) is 8.07. The molecule has 0 bridgehead atoms. The monoisotopic (exact) mass is 491 g/mol. The lowest BCUT2D eigenvalue weighted by Crippen LogP contribution is -2.41. The zero-order chi connectivity index (χ0) is 24.9. The number of aromatic amines is 1. The molecule has 0 aliphatic heterocycles. The maximum atomic E-state index is 13.4. The largest absolute Gasteiger partial charge is 0.383 e. The molecule has 0 unspecified atom stereocenters. The summed E-state index contributed by atoms with van der Waals surface area (Å²) < 4.78 is 2.76. The Balaban J connectivity index is 1.74. The van der Waals surface area contributed by atoms with Crippen LogP contribution in [0.15, 0.2) is 80.4 Å². The highest BCUT2D eigenvalue weighted by atomic mass is 32.1. The fraction of sp³-hybridized carbons (Fsp3) is 0.200. The lowest BCUT2D eigenvalue weighted by Gasteiger charge is -2.25.